The lowest BCUT2D eigenvalue weighted by Crippen LogP contribution is -2.43. The molecule has 0 atom stereocenters. The van der Waals surface area contributed by atoms with Crippen molar-refractivity contribution in [2.45, 2.75) is 13.8 Å². The Balaban J connectivity index is 1.77. The van der Waals surface area contributed by atoms with Gasteiger partial charge in [-0.05, 0) is 55.3 Å². The fraction of sp³-hybridized carbons (Fsp3) is 0.333. The summed E-state index contributed by atoms with van der Waals surface area (Å²) in [5.74, 6) is 0.818. The summed E-state index contributed by atoms with van der Waals surface area (Å²) < 4.78 is 22.5. The van der Waals surface area contributed by atoms with Crippen molar-refractivity contribution in [2.75, 3.05) is 40.0 Å². The first kappa shape index (κ1) is 20.9. The number of aryl methyl sites for hydroxylation is 2. The van der Waals surface area contributed by atoms with Gasteiger partial charge < -0.3 is 23.5 Å². The van der Waals surface area contributed by atoms with Crippen LogP contribution in [0, 0.1) is 13.8 Å². The van der Waals surface area contributed by atoms with E-state index >= 15 is 0 Å². The van der Waals surface area contributed by atoms with Crippen molar-refractivity contribution in [1.82, 2.24) is 4.90 Å². The molecule has 2 heterocycles. The van der Waals surface area contributed by atoms with Crippen LogP contribution >= 0.6 is 0 Å². The Labute approximate surface area is 180 Å². The van der Waals surface area contributed by atoms with E-state index in [2.05, 4.69) is 0 Å². The molecule has 7 heteroatoms. The van der Waals surface area contributed by atoms with Gasteiger partial charge in [0.15, 0.2) is 12.4 Å². The quantitative estimate of drug-likeness (QED) is 0.627. The van der Waals surface area contributed by atoms with E-state index in [1.807, 2.05) is 19.9 Å². The minimum atomic E-state index is -0.298. The Bertz CT molecular complexity index is 1160. The van der Waals surface area contributed by atoms with Crippen LogP contribution in [-0.4, -0.2) is 50.8 Å². The van der Waals surface area contributed by atoms with E-state index in [0.717, 1.165) is 11.1 Å². The first-order chi connectivity index (χ1) is 15.0. The number of rotatable bonds is 5. The van der Waals surface area contributed by atoms with E-state index < -0.39 is 0 Å². The van der Waals surface area contributed by atoms with Gasteiger partial charge in [-0.1, -0.05) is 6.07 Å². The average Bonchev–Trinajstić information content (AvgIpc) is 2.79. The van der Waals surface area contributed by atoms with Gasteiger partial charge in [-0.3, -0.25) is 9.59 Å². The van der Waals surface area contributed by atoms with Crippen molar-refractivity contribution in [1.29, 1.82) is 0 Å². The number of carbonyl (C=O) groups excluding carboxylic acids is 1. The van der Waals surface area contributed by atoms with Crippen molar-refractivity contribution < 1.29 is 23.4 Å². The first-order valence-corrected chi connectivity index (χ1v) is 10.2. The average molecular weight is 423 g/mol. The fourth-order valence-corrected chi connectivity index (χ4v) is 3.73. The van der Waals surface area contributed by atoms with Gasteiger partial charge in [-0.2, -0.15) is 0 Å². The second-order valence-corrected chi connectivity index (χ2v) is 7.56. The minimum Gasteiger partial charge on any atom is -0.497 e. The number of ether oxygens (including phenoxy) is 3. The van der Waals surface area contributed by atoms with Gasteiger partial charge in [0, 0.05) is 18.7 Å². The second-order valence-electron chi connectivity index (χ2n) is 7.56. The zero-order valence-electron chi connectivity index (χ0n) is 17.9. The Morgan fingerprint density at radius 1 is 1.10 bits per heavy atom. The van der Waals surface area contributed by atoms with E-state index in [4.69, 9.17) is 18.6 Å². The molecule has 31 heavy (non-hydrogen) atoms. The monoisotopic (exact) mass is 423 g/mol. The standard InChI is InChI=1S/C24H25NO6/c1-15-12-16(2)22-19(13-15)21(27)24(30-14-20(26)25-8-10-29-11-9-25)23(31-22)17-4-6-18(28-3)7-5-17/h4-7,12-13H,8-11,14H2,1-3H3. The lowest BCUT2D eigenvalue weighted by atomic mass is 10.1. The predicted molar refractivity (Wildman–Crippen MR) is 117 cm³/mol. The van der Waals surface area contributed by atoms with Gasteiger partial charge in [0.1, 0.15) is 11.3 Å². The maximum atomic E-state index is 13.4. The molecular formula is C24H25NO6. The van der Waals surface area contributed by atoms with Crippen molar-refractivity contribution in [2.24, 2.45) is 0 Å². The first-order valence-electron chi connectivity index (χ1n) is 10.2. The number of methoxy groups -OCH3 is 1. The van der Waals surface area contributed by atoms with Crippen molar-refractivity contribution in [3.8, 4) is 22.8 Å². The second kappa shape index (κ2) is 8.81. The molecule has 0 radical (unpaired) electrons. The number of amides is 1. The van der Waals surface area contributed by atoms with Gasteiger partial charge >= 0.3 is 0 Å². The molecular weight excluding hydrogens is 398 g/mol. The van der Waals surface area contributed by atoms with Gasteiger partial charge in [-0.15, -0.1) is 0 Å². The molecule has 162 valence electrons. The summed E-state index contributed by atoms with van der Waals surface area (Å²) in [4.78, 5) is 27.6. The molecule has 1 aliphatic rings. The van der Waals surface area contributed by atoms with Crippen LogP contribution in [0.4, 0.5) is 0 Å². The highest BCUT2D eigenvalue weighted by molar-refractivity contribution is 5.85. The van der Waals surface area contributed by atoms with Crippen LogP contribution in [0.1, 0.15) is 11.1 Å². The zero-order chi connectivity index (χ0) is 22.0. The summed E-state index contributed by atoms with van der Waals surface area (Å²) in [5.41, 5.74) is 2.68. The summed E-state index contributed by atoms with van der Waals surface area (Å²) in [5, 5.41) is 0.434. The van der Waals surface area contributed by atoms with Crippen LogP contribution < -0.4 is 14.9 Å². The molecule has 2 aromatic carbocycles. The summed E-state index contributed by atoms with van der Waals surface area (Å²) in [6, 6.07) is 10.9. The van der Waals surface area contributed by atoms with Crippen LogP contribution in [-0.2, 0) is 9.53 Å². The number of carbonyl (C=O) groups is 1. The molecule has 1 aromatic heterocycles. The maximum Gasteiger partial charge on any atom is 0.260 e. The number of fused-ring (bicyclic) bond motifs is 1. The predicted octanol–water partition coefficient (Wildman–Crippen LogP) is 3.32. The molecule has 0 bridgehead atoms. The summed E-state index contributed by atoms with van der Waals surface area (Å²) in [6.07, 6.45) is 0. The van der Waals surface area contributed by atoms with E-state index in [1.54, 1.807) is 42.3 Å². The normalized spacial score (nSPS) is 14.0. The van der Waals surface area contributed by atoms with Crippen molar-refractivity contribution in [3.63, 3.8) is 0 Å². The molecule has 4 rings (SSSR count). The van der Waals surface area contributed by atoms with Crippen LogP contribution in [0.25, 0.3) is 22.3 Å². The number of benzene rings is 2. The number of hydrogen-bond acceptors (Lipinski definition) is 6. The van der Waals surface area contributed by atoms with E-state index in [0.29, 0.717) is 54.3 Å². The smallest absolute Gasteiger partial charge is 0.260 e. The Hall–Kier alpha value is -3.32. The highest BCUT2D eigenvalue weighted by Gasteiger charge is 2.22. The molecule has 1 fully saturated rings. The maximum absolute atomic E-state index is 13.4. The Morgan fingerprint density at radius 3 is 2.48 bits per heavy atom. The summed E-state index contributed by atoms with van der Waals surface area (Å²) >= 11 is 0. The molecule has 1 amide bonds. The van der Waals surface area contributed by atoms with Crippen LogP contribution in [0.3, 0.4) is 0 Å². The molecule has 7 nitrogen and oxygen atoms in total. The molecule has 0 unspecified atom stereocenters. The van der Waals surface area contributed by atoms with Crippen LogP contribution in [0.5, 0.6) is 11.5 Å². The van der Waals surface area contributed by atoms with Gasteiger partial charge in [-0.25, -0.2) is 0 Å². The summed E-state index contributed by atoms with van der Waals surface area (Å²) in [6.45, 7) is 5.60. The van der Waals surface area contributed by atoms with Crippen LogP contribution in [0.15, 0.2) is 45.6 Å². The molecule has 0 saturated carbocycles. The molecule has 1 aliphatic heterocycles. The Morgan fingerprint density at radius 2 is 1.81 bits per heavy atom. The van der Waals surface area contributed by atoms with Crippen molar-refractivity contribution >= 4 is 16.9 Å². The van der Waals surface area contributed by atoms with E-state index in [-0.39, 0.29) is 23.7 Å². The highest BCUT2D eigenvalue weighted by Crippen LogP contribution is 2.33. The SMILES string of the molecule is COc1ccc(-c2oc3c(C)cc(C)cc3c(=O)c2OCC(=O)N2CCOCC2)cc1. The third-order valence-electron chi connectivity index (χ3n) is 5.34. The lowest BCUT2D eigenvalue weighted by molar-refractivity contribution is -0.137. The number of hydrogen-bond donors (Lipinski definition) is 0. The van der Waals surface area contributed by atoms with E-state index in [1.165, 1.54) is 0 Å². The lowest BCUT2D eigenvalue weighted by Gasteiger charge is -2.26. The van der Waals surface area contributed by atoms with Gasteiger partial charge in [0.25, 0.3) is 5.91 Å². The van der Waals surface area contributed by atoms with E-state index in [9.17, 15) is 9.59 Å². The largest absolute Gasteiger partial charge is 0.497 e. The minimum absolute atomic E-state index is 0.0317. The van der Waals surface area contributed by atoms with Gasteiger partial charge in [0.2, 0.25) is 11.2 Å². The zero-order valence-corrected chi connectivity index (χ0v) is 17.9. The highest BCUT2D eigenvalue weighted by atomic mass is 16.5. The third-order valence-corrected chi connectivity index (χ3v) is 5.34. The number of morpholine rings is 1. The van der Waals surface area contributed by atoms with Gasteiger partial charge in [0.05, 0.1) is 25.7 Å². The molecule has 0 N–H and O–H groups in total. The molecule has 0 spiro atoms. The topological polar surface area (TPSA) is 78.2 Å². The van der Waals surface area contributed by atoms with Crippen LogP contribution in [0.2, 0.25) is 0 Å². The third kappa shape index (κ3) is 4.27. The van der Waals surface area contributed by atoms with Crippen molar-refractivity contribution in [3.05, 3.63) is 57.7 Å². The fourth-order valence-electron chi connectivity index (χ4n) is 3.73. The molecule has 0 aliphatic carbocycles. The summed E-state index contributed by atoms with van der Waals surface area (Å²) in [7, 11) is 1.59. The molecule has 3 aromatic rings. The number of nitrogens with zero attached hydrogens (tertiary/aromatic N) is 1. The Kier molecular flexibility index (Phi) is 5.95. The molecule has 1 saturated heterocycles.